The molecular formula is C7H5F3O3. The summed E-state index contributed by atoms with van der Waals surface area (Å²) in [5.74, 6) is -1.87. The zero-order chi connectivity index (χ0) is 10.0. The van der Waals surface area contributed by atoms with Gasteiger partial charge in [0.15, 0.2) is 6.10 Å². The summed E-state index contributed by atoms with van der Waals surface area (Å²) >= 11 is 0. The van der Waals surface area contributed by atoms with Gasteiger partial charge in [-0.2, -0.15) is 8.78 Å². The Morgan fingerprint density at radius 1 is 1.46 bits per heavy atom. The second-order valence-corrected chi connectivity index (χ2v) is 2.31. The van der Waals surface area contributed by atoms with Crippen molar-refractivity contribution in [1.29, 1.82) is 0 Å². The number of hydrogen-bond donors (Lipinski definition) is 0. The molecule has 3 nitrogen and oxygen atoms in total. The molecule has 0 bridgehead atoms. The van der Waals surface area contributed by atoms with E-state index in [0.29, 0.717) is 0 Å². The summed E-state index contributed by atoms with van der Waals surface area (Å²) in [5.41, 5.74) is 0. The lowest BCUT2D eigenvalue weighted by Gasteiger charge is -2.21. The average molecular weight is 194 g/mol. The molecular weight excluding hydrogens is 189 g/mol. The fourth-order valence-corrected chi connectivity index (χ4v) is 0.811. The van der Waals surface area contributed by atoms with Crippen LogP contribution in [0.3, 0.4) is 0 Å². The molecule has 1 aliphatic rings. The third-order valence-electron chi connectivity index (χ3n) is 1.34. The zero-order valence-electron chi connectivity index (χ0n) is 6.35. The fourth-order valence-electron chi connectivity index (χ4n) is 0.811. The fraction of sp³-hybridized carbons (Fsp3) is 0.286. The van der Waals surface area contributed by atoms with Crippen molar-refractivity contribution in [3.63, 3.8) is 0 Å². The van der Waals surface area contributed by atoms with Gasteiger partial charge in [0.2, 0.25) is 5.83 Å². The molecule has 0 aromatic heterocycles. The Balaban J connectivity index is 2.77. The third-order valence-corrected chi connectivity index (χ3v) is 1.34. The standard InChI is InChI=1S/C7H5F3O3/c1-3-2-4(5(8)6(9)10)13-7(11)12-3/h4H,1-2H2. The van der Waals surface area contributed by atoms with Crippen LogP contribution in [0.4, 0.5) is 18.0 Å². The Morgan fingerprint density at radius 2 is 2.08 bits per heavy atom. The molecule has 72 valence electrons. The first kappa shape index (κ1) is 9.63. The van der Waals surface area contributed by atoms with E-state index in [4.69, 9.17) is 0 Å². The Labute approximate surface area is 71.4 Å². The highest BCUT2D eigenvalue weighted by Crippen LogP contribution is 2.26. The van der Waals surface area contributed by atoms with Gasteiger partial charge in [-0.3, -0.25) is 0 Å². The van der Waals surface area contributed by atoms with Crippen molar-refractivity contribution in [2.24, 2.45) is 0 Å². The number of rotatable bonds is 1. The number of carbonyl (C=O) groups excluding carboxylic acids is 1. The monoisotopic (exact) mass is 194 g/mol. The quantitative estimate of drug-likeness (QED) is 0.601. The molecule has 0 radical (unpaired) electrons. The molecule has 0 saturated carbocycles. The van der Waals surface area contributed by atoms with Gasteiger partial charge in [0.05, 0.1) is 0 Å². The minimum absolute atomic E-state index is 0.0994. The summed E-state index contributed by atoms with van der Waals surface area (Å²) in [6.45, 7) is 3.20. The lowest BCUT2D eigenvalue weighted by atomic mass is 10.2. The highest BCUT2D eigenvalue weighted by atomic mass is 19.3. The van der Waals surface area contributed by atoms with E-state index in [9.17, 15) is 18.0 Å². The largest absolute Gasteiger partial charge is 0.514 e. The summed E-state index contributed by atoms with van der Waals surface area (Å²) in [5, 5.41) is 0. The molecule has 1 rings (SSSR count). The van der Waals surface area contributed by atoms with Crippen molar-refractivity contribution in [3.8, 4) is 0 Å². The number of ether oxygens (including phenoxy) is 2. The maximum absolute atomic E-state index is 12.5. The maximum Gasteiger partial charge on any atom is 0.514 e. The van der Waals surface area contributed by atoms with Crippen molar-refractivity contribution in [1.82, 2.24) is 0 Å². The van der Waals surface area contributed by atoms with E-state index in [-0.39, 0.29) is 12.2 Å². The normalized spacial score (nSPS) is 21.9. The van der Waals surface area contributed by atoms with Crippen LogP contribution in [0.25, 0.3) is 0 Å². The predicted octanol–water partition coefficient (Wildman–Crippen LogP) is 2.50. The van der Waals surface area contributed by atoms with Gasteiger partial charge in [0.25, 0.3) is 0 Å². The zero-order valence-corrected chi connectivity index (χ0v) is 6.35. The van der Waals surface area contributed by atoms with Crippen molar-refractivity contribution in [2.75, 3.05) is 0 Å². The first-order valence-electron chi connectivity index (χ1n) is 3.27. The van der Waals surface area contributed by atoms with Crippen LogP contribution in [0.15, 0.2) is 24.2 Å². The summed E-state index contributed by atoms with van der Waals surface area (Å²) < 4.78 is 44.3. The first-order valence-corrected chi connectivity index (χ1v) is 3.27. The van der Waals surface area contributed by atoms with Gasteiger partial charge < -0.3 is 9.47 Å². The smallest absolute Gasteiger partial charge is 0.423 e. The minimum Gasteiger partial charge on any atom is -0.423 e. The van der Waals surface area contributed by atoms with E-state index in [1.54, 1.807) is 0 Å². The van der Waals surface area contributed by atoms with Gasteiger partial charge in [-0.25, -0.2) is 9.18 Å². The molecule has 1 saturated heterocycles. The first-order chi connectivity index (χ1) is 6.00. The van der Waals surface area contributed by atoms with Crippen LogP contribution in [0.5, 0.6) is 0 Å². The Kier molecular flexibility index (Phi) is 2.60. The molecule has 1 atom stereocenters. The summed E-state index contributed by atoms with van der Waals surface area (Å²) in [6, 6.07) is 0. The van der Waals surface area contributed by atoms with Crippen molar-refractivity contribution < 1.29 is 27.4 Å². The van der Waals surface area contributed by atoms with Crippen LogP contribution in [-0.4, -0.2) is 12.3 Å². The molecule has 0 aliphatic carbocycles. The predicted molar refractivity (Wildman–Crippen MR) is 35.5 cm³/mol. The second-order valence-electron chi connectivity index (χ2n) is 2.31. The lowest BCUT2D eigenvalue weighted by molar-refractivity contribution is 0.00967. The topological polar surface area (TPSA) is 35.5 Å². The molecule has 0 aromatic carbocycles. The van der Waals surface area contributed by atoms with Crippen LogP contribution >= 0.6 is 0 Å². The highest BCUT2D eigenvalue weighted by molar-refractivity contribution is 5.63. The Morgan fingerprint density at radius 3 is 2.54 bits per heavy atom. The third kappa shape index (κ3) is 2.24. The molecule has 1 unspecified atom stereocenters. The maximum atomic E-state index is 12.5. The van der Waals surface area contributed by atoms with Crippen LogP contribution in [-0.2, 0) is 9.47 Å². The van der Waals surface area contributed by atoms with Gasteiger partial charge in [0, 0.05) is 6.42 Å². The van der Waals surface area contributed by atoms with Crippen LogP contribution < -0.4 is 0 Å². The molecule has 1 heterocycles. The van der Waals surface area contributed by atoms with Crippen molar-refractivity contribution >= 4 is 6.16 Å². The minimum atomic E-state index is -2.51. The highest BCUT2D eigenvalue weighted by Gasteiger charge is 2.30. The molecule has 6 heteroatoms. The van der Waals surface area contributed by atoms with Crippen LogP contribution in [0, 0.1) is 0 Å². The molecule has 1 aliphatic heterocycles. The molecule has 0 aromatic rings. The molecule has 0 N–H and O–H groups in total. The Hall–Kier alpha value is -1.46. The van der Waals surface area contributed by atoms with Crippen LogP contribution in [0.1, 0.15) is 6.42 Å². The van der Waals surface area contributed by atoms with Gasteiger partial charge in [0.1, 0.15) is 5.76 Å². The van der Waals surface area contributed by atoms with E-state index in [0.717, 1.165) is 0 Å². The van der Waals surface area contributed by atoms with Gasteiger partial charge >= 0.3 is 12.2 Å². The molecule has 0 amide bonds. The number of hydrogen-bond acceptors (Lipinski definition) is 3. The number of cyclic esters (lactones) is 2. The SMILES string of the molecule is C=C1CC(C(F)=C(F)F)OC(=O)O1. The van der Waals surface area contributed by atoms with E-state index < -0.39 is 24.2 Å². The molecule has 0 spiro atoms. The Bertz CT molecular complexity index is 265. The van der Waals surface area contributed by atoms with E-state index in [1.807, 2.05) is 0 Å². The average Bonchev–Trinajstić information content (AvgIpc) is 2.01. The van der Waals surface area contributed by atoms with Crippen molar-refractivity contribution in [3.05, 3.63) is 24.2 Å². The second kappa shape index (κ2) is 3.51. The van der Waals surface area contributed by atoms with Gasteiger partial charge in [-0.15, -0.1) is 0 Å². The van der Waals surface area contributed by atoms with Crippen molar-refractivity contribution in [2.45, 2.75) is 12.5 Å². The summed E-state index contributed by atoms with van der Waals surface area (Å²) in [4.78, 5) is 10.5. The molecule has 1 fully saturated rings. The van der Waals surface area contributed by atoms with E-state index in [2.05, 4.69) is 16.1 Å². The summed E-state index contributed by atoms with van der Waals surface area (Å²) in [7, 11) is 0. The number of halogens is 3. The number of carbonyl (C=O) groups is 1. The molecule has 13 heavy (non-hydrogen) atoms. The van der Waals surface area contributed by atoms with Crippen LogP contribution in [0.2, 0.25) is 0 Å². The van der Waals surface area contributed by atoms with E-state index >= 15 is 0 Å². The van der Waals surface area contributed by atoms with Gasteiger partial charge in [-0.1, -0.05) is 6.58 Å². The van der Waals surface area contributed by atoms with Gasteiger partial charge in [-0.05, 0) is 0 Å². The van der Waals surface area contributed by atoms with E-state index in [1.165, 1.54) is 0 Å². The lowest BCUT2D eigenvalue weighted by Crippen LogP contribution is -2.26. The summed E-state index contributed by atoms with van der Waals surface area (Å²) in [6.07, 6.45) is -5.64.